The van der Waals surface area contributed by atoms with Gasteiger partial charge in [-0.2, -0.15) is 0 Å². The molecule has 0 aliphatic rings. The van der Waals surface area contributed by atoms with Crippen molar-refractivity contribution in [2.75, 3.05) is 0 Å². The third-order valence-electron chi connectivity index (χ3n) is 26.4. The molecule has 0 aliphatic heterocycles. The van der Waals surface area contributed by atoms with Crippen molar-refractivity contribution in [3.63, 3.8) is 0 Å². The fourth-order valence-corrected chi connectivity index (χ4v) is 19.4. The first-order chi connectivity index (χ1) is 42.0. The highest BCUT2D eigenvalue weighted by Crippen LogP contribution is 2.36. The molecule has 0 N–H and O–H groups in total. The van der Waals surface area contributed by atoms with Gasteiger partial charge < -0.3 is 0 Å². The van der Waals surface area contributed by atoms with Crippen molar-refractivity contribution in [2.45, 2.75) is 0 Å². The summed E-state index contributed by atoms with van der Waals surface area (Å²) in [5.74, 6) is 0. The molecule has 0 aromatic heterocycles. The van der Waals surface area contributed by atoms with Gasteiger partial charge in [-0.15, -0.1) is 38.2 Å². The minimum absolute atomic E-state index is 1.37. The minimum Gasteiger partial charge on any atom is -0.102 e. The average molecular weight is 1110 g/mol. The van der Waals surface area contributed by atoms with Gasteiger partial charge in [0, 0.05) is 0 Å². The van der Waals surface area contributed by atoms with E-state index in [4.69, 9.17) is 0 Å². The topological polar surface area (TPSA) is 0 Å². The Kier molecular flexibility index (Phi) is 15.7. The van der Waals surface area contributed by atoms with Gasteiger partial charge in [0.05, 0.1) is 0 Å². The molecule has 0 unspecified atom stereocenters. The number of benzene rings is 12. The molecule has 0 amide bonds. The lowest BCUT2D eigenvalue weighted by atomic mass is 9.53. The molecule has 0 bridgehead atoms. The molecule has 0 radical (unpaired) electrons. The number of hydrogen-bond donors (Lipinski definition) is 0. The second-order valence-electron chi connectivity index (χ2n) is 29.5. The van der Waals surface area contributed by atoms with Crippen molar-refractivity contribution in [3.8, 4) is 55.6 Å². The highest BCUT2D eigenvalue weighted by Gasteiger charge is 2.33. The van der Waals surface area contributed by atoms with Crippen LogP contribution in [0.25, 0.3) is 120 Å². The van der Waals surface area contributed by atoms with Crippen molar-refractivity contribution in [1.82, 2.24) is 0 Å². The normalized spacial score (nSPS) is 12.0. The molecular formula is C56H68B34. The Morgan fingerprint density at radius 2 is 0.167 bits per heavy atom. The van der Waals surface area contributed by atoms with Gasteiger partial charge in [0.2, 0.25) is 0 Å². The van der Waals surface area contributed by atoms with E-state index in [-0.39, 0.29) is 0 Å². The van der Waals surface area contributed by atoms with Crippen LogP contribution in [0.5, 0.6) is 0 Å². The fraction of sp³-hybridized carbons (Fsp3) is 0. The van der Waals surface area contributed by atoms with E-state index in [1.54, 1.807) is 0 Å². The summed E-state index contributed by atoms with van der Waals surface area (Å²) in [5, 5.41) is 17.4. The Balaban J connectivity index is 1.28. The smallest absolute Gasteiger partial charge is 0.102 e. The molecular weight excluding hydrogens is 1040 g/mol. The summed E-state index contributed by atoms with van der Waals surface area (Å²) in [4.78, 5) is 0. The van der Waals surface area contributed by atoms with Crippen LogP contribution >= 0.6 is 0 Å². The van der Waals surface area contributed by atoms with E-state index < -0.39 is 0 Å². The largest absolute Gasteiger partial charge is 0.140 e. The molecule has 0 aliphatic carbocycles. The number of rotatable bonds is 5. The third kappa shape index (κ3) is 8.05. The summed E-state index contributed by atoms with van der Waals surface area (Å²) in [7, 11) is 82.3. The van der Waals surface area contributed by atoms with Gasteiger partial charge in [-0.1, -0.05) is 147 Å². The molecule has 34 heteroatoms. The Hall–Kier alpha value is -5.07. The highest BCUT2D eigenvalue weighted by molar-refractivity contribution is 6.80. The molecule has 0 saturated carbocycles. The van der Waals surface area contributed by atoms with E-state index in [0.717, 1.165) is 0 Å². The summed E-state index contributed by atoms with van der Waals surface area (Å²) in [6, 6.07) is 0. The van der Waals surface area contributed by atoms with E-state index in [1.165, 1.54) is 306 Å². The maximum atomic E-state index is 2.51. The predicted molar refractivity (Wildman–Crippen MR) is 519 cm³/mol. The standard InChI is InChI=1S/C56H68B34/c57-23-15(7-5-1-3-11(34(68)28(5)62)40(74)50(84)42(76)13(3)38(72)36(70)9(1)32(66)30(7)64)44(78)52(86)46(80)20(23)17-25(59)18(27(61)19(26(17)60)22-48(82)54(88)56(90)55(89)49(22)83)21-24(58)16(45(79)53(87)47(21)81)8-6-2-4-12(35(69)29(6)63)41(75)51(85)43(77)14(4)39(73)37(71)10(2)33(67)31(8)65/h57-90H2. The Morgan fingerprint density at radius 3 is 0.389 bits per heavy atom. The van der Waals surface area contributed by atoms with Crippen molar-refractivity contribution in [1.29, 1.82) is 0 Å². The molecule has 12 rings (SSSR count). The van der Waals surface area contributed by atoms with Crippen LogP contribution < -0.4 is 186 Å². The van der Waals surface area contributed by atoms with Gasteiger partial charge in [-0.3, -0.25) is 0 Å². The van der Waals surface area contributed by atoms with Crippen LogP contribution in [-0.2, 0) is 0 Å². The molecule has 0 nitrogen and oxygen atoms in total. The lowest BCUT2D eigenvalue weighted by Gasteiger charge is -2.34. The van der Waals surface area contributed by atoms with Gasteiger partial charge in [0.15, 0.2) is 0 Å². The van der Waals surface area contributed by atoms with E-state index >= 15 is 0 Å². The lowest BCUT2D eigenvalue weighted by Crippen LogP contribution is -2.56. The van der Waals surface area contributed by atoms with Crippen molar-refractivity contribution in [3.05, 3.63) is 0 Å². The van der Waals surface area contributed by atoms with Crippen molar-refractivity contribution in [2.24, 2.45) is 0 Å². The third-order valence-corrected chi connectivity index (χ3v) is 26.4. The first kappa shape index (κ1) is 65.0. The zero-order valence-corrected chi connectivity index (χ0v) is 62.0. The zero-order chi connectivity index (χ0) is 66.3. The minimum atomic E-state index is 1.37. The second kappa shape index (κ2) is 21.7. The lowest BCUT2D eigenvalue weighted by molar-refractivity contribution is 1.76. The first-order valence-corrected chi connectivity index (χ1v) is 33.8. The van der Waals surface area contributed by atoms with E-state index in [2.05, 4.69) is 267 Å². The summed E-state index contributed by atoms with van der Waals surface area (Å²) in [5.41, 5.74) is 61.6. The SMILES string of the molecule is Bc1c(B)c(B)c(-c2c(B)c(-c3c(B)c(B)c(B)c(-c4c(B)c(B)c5c(B)c(B)c6c(B)c(B)c(B)c7c(B)c(B)c4c5c67)c3B)c(B)c(-c3c(B)c(B)c(B)c(-c4c(B)c(B)c5c(B)c(B)c6c(B)c(B)c(B)c7c(B)c(B)c4c5c67)c3B)c2B)c(B)c1B. The fourth-order valence-electron chi connectivity index (χ4n) is 19.4. The Bertz CT molecular complexity index is 5080. The molecule has 12 aromatic carbocycles. The molecule has 0 saturated heterocycles. The maximum absolute atomic E-state index is 2.51. The second-order valence-corrected chi connectivity index (χ2v) is 29.5. The van der Waals surface area contributed by atoms with Gasteiger partial charge in [0.1, 0.15) is 267 Å². The molecule has 394 valence electrons. The number of hydrogen-bond acceptors (Lipinski definition) is 0. The summed E-state index contributed by atoms with van der Waals surface area (Å²) >= 11 is 0. The molecule has 0 fully saturated rings. The highest BCUT2D eigenvalue weighted by atomic mass is 14.3. The average Bonchev–Trinajstić information content (AvgIpc) is 0.694. The van der Waals surface area contributed by atoms with Crippen LogP contribution in [0.15, 0.2) is 0 Å². The molecule has 0 heterocycles. The van der Waals surface area contributed by atoms with Crippen LogP contribution in [0.4, 0.5) is 0 Å². The monoisotopic (exact) mass is 1110 g/mol. The summed E-state index contributed by atoms with van der Waals surface area (Å²) in [6.45, 7) is 0. The zero-order valence-electron chi connectivity index (χ0n) is 62.0. The van der Waals surface area contributed by atoms with Crippen LogP contribution in [0.1, 0.15) is 0 Å². The molecule has 0 spiro atoms. The Morgan fingerprint density at radius 1 is 0.0667 bits per heavy atom. The molecule has 12 aromatic rings. The Labute approximate surface area is 568 Å². The van der Waals surface area contributed by atoms with Gasteiger partial charge in [-0.25, -0.2) is 0 Å². The van der Waals surface area contributed by atoms with Crippen LogP contribution in [0.3, 0.4) is 0 Å². The molecule has 0 atom stereocenters. The van der Waals surface area contributed by atoms with Gasteiger partial charge in [-0.05, 0) is 120 Å². The van der Waals surface area contributed by atoms with E-state index in [9.17, 15) is 0 Å². The van der Waals surface area contributed by atoms with Gasteiger partial charge >= 0.3 is 0 Å². The van der Waals surface area contributed by atoms with Crippen molar-refractivity contribution < 1.29 is 0 Å². The quantitative estimate of drug-likeness (QED) is 0.119. The van der Waals surface area contributed by atoms with Crippen LogP contribution in [-0.4, -0.2) is 267 Å². The maximum Gasteiger partial charge on any atom is 0.140 e. The van der Waals surface area contributed by atoms with E-state index in [0.29, 0.717) is 0 Å². The van der Waals surface area contributed by atoms with E-state index in [1.807, 2.05) is 0 Å². The first-order valence-electron chi connectivity index (χ1n) is 33.8. The van der Waals surface area contributed by atoms with Crippen LogP contribution in [0, 0.1) is 0 Å². The summed E-state index contributed by atoms with van der Waals surface area (Å²) in [6.07, 6.45) is 0. The van der Waals surface area contributed by atoms with Gasteiger partial charge in [0.25, 0.3) is 0 Å². The predicted octanol–water partition coefficient (Wildman–Crippen LogP) is -43.4. The molecule has 90 heavy (non-hydrogen) atoms. The summed E-state index contributed by atoms with van der Waals surface area (Å²) < 4.78 is 0. The van der Waals surface area contributed by atoms with Crippen LogP contribution in [0.2, 0.25) is 0 Å². The van der Waals surface area contributed by atoms with Crippen molar-refractivity contribution >= 4 is 517 Å².